The summed E-state index contributed by atoms with van der Waals surface area (Å²) >= 11 is 0. The van der Waals surface area contributed by atoms with Crippen LogP contribution in [0.2, 0.25) is 0 Å². The van der Waals surface area contributed by atoms with Gasteiger partial charge < -0.3 is 10.2 Å². The Labute approximate surface area is 186 Å². The second-order valence-electron chi connectivity index (χ2n) is 9.28. The van der Waals surface area contributed by atoms with Gasteiger partial charge in [0.25, 0.3) is 5.91 Å². The summed E-state index contributed by atoms with van der Waals surface area (Å²) in [7, 11) is 0. The van der Waals surface area contributed by atoms with E-state index in [1.165, 1.54) is 0 Å². The van der Waals surface area contributed by atoms with Gasteiger partial charge in [0.05, 0.1) is 17.8 Å². The predicted octanol–water partition coefficient (Wildman–Crippen LogP) is 4.36. The zero-order valence-corrected chi connectivity index (χ0v) is 19.7. The Hall–Kier alpha value is -1.92. The molecule has 7 heteroatoms. The molecule has 0 bridgehead atoms. The summed E-state index contributed by atoms with van der Waals surface area (Å²) in [4.78, 5) is 20.1. The zero-order chi connectivity index (χ0) is 21.0. The van der Waals surface area contributed by atoms with Gasteiger partial charge in [0.2, 0.25) is 0 Å². The van der Waals surface area contributed by atoms with Crippen molar-refractivity contribution < 1.29 is 4.79 Å². The average Bonchev–Trinajstić information content (AvgIpc) is 2.98. The fourth-order valence-corrected chi connectivity index (χ4v) is 3.94. The fraction of sp³-hybridized carbons (Fsp3) is 0.609. The van der Waals surface area contributed by atoms with Crippen molar-refractivity contribution in [3.63, 3.8) is 0 Å². The molecule has 6 nitrogen and oxygen atoms in total. The van der Waals surface area contributed by atoms with Crippen LogP contribution in [0.25, 0.3) is 0 Å². The van der Waals surface area contributed by atoms with Crippen molar-refractivity contribution in [2.24, 2.45) is 0 Å². The Morgan fingerprint density at radius 1 is 1.27 bits per heavy atom. The Bertz CT molecular complexity index is 805. The number of hydrogen-bond donors (Lipinski definition) is 1. The first kappa shape index (κ1) is 24.4. The van der Waals surface area contributed by atoms with Gasteiger partial charge in [-0.15, -0.1) is 12.4 Å². The molecule has 1 aliphatic heterocycles. The second kappa shape index (κ2) is 10.4. The quantitative estimate of drug-likeness (QED) is 0.760. The predicted molar refractivity (Wildman–Crippen MR) is 123 cm³/mol. The molecule has 0 saturated carbocycles. The minimum Gasteiger partial charge on any atom is -0.328 e. The van der Waals surface area contributed by atoms with E-state index in [4.69, 9.17) is 5.10 Å². The summed E-state index contributed by atoms with van der Waals surface area (Å²) in [6, 6.07) is 8.05. The second-order valence-corrected chi connectivity index (χ2v) is 9.28. The van der Waals surface area contributed by atoms with Crippen molar-refractivity contribution in [3.8, 4) is 0 Å². The molecule has 3 heterocycles. The molecule has 3 rings (SSSR count). The van der Waals surface area contributed by atoms with Crippen molar-refractivity contribution >= 4 is 18.3 Å². The SMILES string of the molecule is CC(C)c1cc(C(=O)N(Cc2ccccn2)C2CCCNCC2)nn1C(C)(C)C.Cl. The Morgan fingerprint density at radius 2 is 2.03 bits per heavy atom. The van der Waals surface area contributed by atoms with E-state index in [1.807, 2.05) is 33.8 Å². The van der Waals surface area contributed by atoms with Crippen LogP contribution in [0.3, 0.4) is 0 Å². The van der Waals surface area contributed by atoms with Crippen LogP contribution in [-0.2, 0) is 12.1 Å². The maximum absolute atomic E-state index is 13.7. The average molecular weight is 434 g/mol. The molecule has 1 N–H and O–H groups in total. The molecule has 0 aromatic carbocycles. The zero-order valence-electron chi connectivity index (χ0n) is 18.9. The van der Waals surface area contributed by atoms with Crippen LogP contribution in [0, 0.1) is 0 Å². The van der Waals surface area contributed by atoms with Crippen molar-refractivity contribution in [1.29, 1.82) is 0 Å². The number of carbonyl (C=O) groups is 1. The van der Waals surface area contributed by atoms with E-state index in [9.17, 15) is 4.79 Å². The van der Waals surface area contributed by atoms with Gasteiger partial charge in [0, 0.05) is 17.9 Å². The van der Waals surface area contributed by atoms with Crippen LogP contribution in [0.4, 0.5) is 0 Å². The number of carbonyl (C=O) groups excluding carboxylic acids is 1. The summed E-state index contributed by atoms with van der Waals surface area (Å²) in [6.07, 6.45) is 4.82. The van der Waals surface area contributed by atoms with Crippen LogP contribution in [0.15, 0.2) is 30.5 Å². The van der Waals surface area contributed by atoms with E-state index in [0.717, 1.165) is 43.7 Å². The van der Waals surface area contributed by atoms with Crippen molar-refractivity contribution in [2.45, 2.75) is 77.9 Å². The summed E-state index contributed by atoms with van der Waals surface area (Å²) in [5.74, 6) is 0.307. The Morgan fingerprint density at radius 3 is 2.63 bits per heavy atom. The van der Waals surface area contributed by atoms with Crippen molar-refractivity contribution in [3.05, 3.63) is 47.5 Å². The van der Waals surface area contributed by atoms with Crippen LogP contribution >= 0.6 is 12.4 Å². The molecule has 2 aromatic rings. The van der Waals surface area contributed by atoms with Crippen LogP contribution in [0.1, 0.15) is 81.7 Å². The van der Waals surface area contributed by atoms with E-state index in [0.29, 0.717) is 18.2 Å². The highest BCUT2D eigenvalue weighted by molar-refractivity contribution is 5.92. The van der Waals surface area contributed by atoms with E-state index >= 15 is 0 Å². The van der Waals surface area contributed by atoms with Crippen LogP contribution < -0.4 is 5.32 Å². The van der Waals surface area contributed by atoms with Crippen LogP contribution in [0.5, 0.6) is 0 Å². The molecular weight excluding hydrogens is 398 g/mol. The standard InChI is InChI=1S/C23H35N5O.ClH/c1-17(2)21-15-20(26-28(21)23(3,4)5)22(29)27(16-18-9-6-7-13-25-18)19-10-8-12-24-14-11-19;/h6-7,9,13,15,17,19,24H,8,10-12,14,16H2,1-5H3;1H. The van der Waals surface area contributed by atoms with Gasteiger partial charge in [-0.1, -0.05) is 19.9 Å². The van der Waals surface area contributed by atoms with Gasteiger partial charge in [-0.05, 0) is 77.2 Å². The van der Waals surface area contributed by atoms with Gasteiger partial charge >= 0.3 is 0 Å². The smallest absolute Gasteiger partial charge is 0.274 e. The van der Waals surface area contributed by atoms with Crippen molar-refractivity contribution in [2.75, 3.05) is 13.1 Å². The van der Waals surface area contributed by atoms with Gasteiger partial charge in [-0.25, -0.2) is 0 Å². The van der Waals surface area contributed by atoms with Gasteiger partial charge in [0.1, 0.15) is 0 Å². The number of nitrogens with zero attached hydrogens (tertiary/aromatic N) is 4. The monoisotopic (exact) mass is 433 g/mol. The highest BCUT2D eigenvalue weighted by Gasteiger charge is 2.30. The molecule has 0 radical (unpaired) electrons. The minimum absolute atomic E-state index is 0. The fourth-order valence-electron chi connectivity index (χ4n) is 3.94. The lowest BCUT2D eigenvalue weighted by molar-refractivity contribution is 0.0634. The van der Waals surface area contributed by atoms with Gasteiger partial charge in [0.15, 0.2) is 5.69 Å². The first-order valence-electron chi connectivity index (χ1n) is 10.8. The highest BCUT2D eigenvalue weighted by atomic mass is 35.5. The van der Waals surface area contributed by atoms with Gasteiger partial charge in [-0.2, -0.15) is 5.10 Å². The first-order valence-corrected chi connectivity index (χ1v) is 10.8. The topological polar surface area (TPSA) is 63.1 Å². The molecule has 30 heavy (non-hydrogen) atoms. The summed E-state index contributed by atoms with van der Waals surface area (Å²) in [5.41, 5.74) is 2.38. The maximum atomic E-state index is 13.7. The molecule has 1 aliphatic rings. The number of pyridine rings is 1. The van der Waals surface area contributed by atoms with E-state index < -0.39 is 0 Å². The lowest BCUT2D eigenvalue weighted by Crippen LogP contribution is -2.41. The summed E-state index contributed by atoms with van der Waals surface area (Å²) in [5, 5.41) is 8.22. The maximum Gasteiger partial charge on any atom is 0.274 e. The number of halogens is 1. The third-order valence-electron chi connectivity index (χ3n) is 5.49. The largest absolute Gasteiger partial charge is 0.328 e. The molecule has 1 saturated heterocycles. The number of rotatable bonds is 5. The molecule has 0 aliphatic carbocycles. The third-order valence-corrected chi connectivity index (χ3v) is 5.49. The number of nitrogens with one attached hydrogen (secondary N) is 1. The highest BCUT2D eigenvalue weighted by Crippen LogP contribution is 2.26. The van der Waals surface area contributed by atoms with E-state index in [1.54, 1.807) is 6.20 Å². The molecule has 1 fully saturated rings. The molecule has 1 unspecified atom stereocenters. The van der Waals surface area contributed by atoms with Crippen molar-refractivity contribution in [1.82, 2.24) is 25.0 Å². The lowest BCUT2D eigenvalue weighted by atomic mass is 10.0. The molecule has 1 atom stereocenters. The minimum atomic E-state index is -0.170. The number of aromatic nitrogens is 3. The molecule has 0 spiro atoms. The normalized spacial score (nSPS) is 17.3. The summed E-state index contributed by atoms with van der Waals surface area (Å²) in [6.45, 7) is 13.1. The Balaban J connectivity index is 0.00000320. The first-order chi connectivity index (χ1) is 13.8. The molecule has 166 valence electrons. The number of hydrogen-bond acceptors (Lipinski definition) is 4. The molecule has 1 amide bonds. The number of amides is 1. The van der Waals surface area contributed by atoms with E-state index in [2.05, 4.69) is 44.9 Å². The summed E-state index contributed by atoms with van der Waals surface area (Å²) < 4.78 is 2.01. The third kappa shape index (κ3) is 5.82. The molecule has 2 aromatic heterocycles. The lowest BCUT2D eigenvalue weighted by Gasteiger charge is -2.30. The van der Waals surface area contributed by atoms with Gasteiger partial charge in [-0.3, -0.25) is 14.5 Å². The van der Waals surface area contributed by atoms with Crippen LogP contribution in [-0.4, -0.2) is 44.7 Å². The Kier molecular flexibility index (Phi) is 8.44. The van der Waals surface area contributed by atoms with E-state index in [-0.39, 0.29) is 29.9 Å². The molecular formula is C23H36ClN5O.